The zero-order chi connectivity index (χ0) is 20.3. The van der Waals surface area contributed by atoms with Gasteiger partial charge in [-0.05, 0) is 48.9 Å². The van der Waals surface area contributed by atoms with E-state index >= 15 is 0 Å². The van der Waals surface area contributed by atoms with Crippen LogP contribution in [0.25, 0.3) is 11.8 Å². The van der Waals surface area contributed by atoms with E-state index in [0.717, 1.165) is 0 Å². The molecule has 0 atom stereocenters. The van der Waals surface area contributed by atoms with E-state index in [2.05, 4.69) is 10.4 Å². The molecule has 8 heteroatoms. The molecule has 1 N–H and O–H groups in total. The second-order valence-electron chi connectivity index (χ2n) is 6.01. The lowest BCUT2D eigenvalue weighted by molar-refractivity contribution is -0.383. The summed E-state index contributed by atoms with van der Waals surface area (Å²) in [5, 5.41) is 18.1. The molecule has 0 radical (unpaired) electrons. The zero-order valence-corrected chi connectivity index (χ0v) is 15.2. The Kier molecular flexibility index (Phi) is 5.30. The van der Waals surface area contributed by atoms with E-state index in [9.17, 15) is 19.3 Å². The number of nitrogens with zero attached hydrogens (tertiary/aromatic N) is 3. The van der Waals surface area contributed by atoms with Crippen LogP contribution >= 0.6 is 0 Å². The number of rotatable bonds is 6. The lowest BCUT2D eigenvalue weighted by Gasteiger charge is -2.04. The maximum absolute atomic E-state index is 13.1. The predicted molar refractivity (Wildman–Crippen MR) is 104 cm³/mol. The maximum Gasteiger partial charge on any atom is 0.292 e. The molecule has 7 nitrogen and oxygen atoms in total. The van der Waals surface area contributed by atoms with Crippen LogP contribution in [0.5, 0.6) is 0 Å². The quantitative estimate of drug-likeness (QED) is 0.300. The van der Waals surface area contributed by atoms with Crippen LogP contribution in [-0.2, 0) is 0 Å². The van der Waals surface area contributed by atoms with E-state index in [1.165, 1.54) is 36.5 Å². The standard InChI is InChI=1S/C20H17FN4O3/c1-13-17(12-23-24(13)16-7-5-15(21)6-8-16)20(26)10-4-14-3-9-18(22-2)19(11-14)25(27)28/h3-12,22H,1-2H3. The van der Waals surface area contributed by atoms with Gasteiger partial charge in [-0.2, -0.15) is 5.10 Å². The minimum Gasteiger partial charge on any atom is -0.383 e. The maximum atomic E-state index is 13.1. The number of allylic oxidation sites excluding steroid dienone is 1. The first-order chi connectivity index (χ1) is 13.4. The third-order valence-corrected chi connectivity index (χ3v) is 4.26. The van der Waals surface area contributed by atoms with Gasteiger partial charge in [0.05, 0.1) is 28.1 Å². The average Bonchev–Trinajstić information content (AvgIpc) is 3.08. The first kappa shape index (κ1) is 19.0. The Morgan fingerprint density at radius 3 is 2.61 bits per heavy atom. The first-order valence-corrected chi connectivity index (χ1v) is 8.40. The van der Waals surface area contributed by atoms with E-state index in [1.807, 2.05) is 0 Å². The van der Waals surface area contributed by atoms with Gasteiger partial charge in [0.1, 0.15) is 11.5 Å². The number of carbonyl (C=O) groups is 1. The summed E-state index contributed by atoms with van der Waals surface area (Å²) in [6.07, 6.45) is 4.30. The number of nitro groups is 1. The smallest absolute Gasteiger partial charge is 0.292 e. The van der Waals surface area contributed by atoms with Gasteiger partial charge in [0.25, 0.3) is 5.69 Å². The summed E-state index contributed by atoms with van der Waals surface area (Å²) in [6, 6.07) is 10.4. The molecule has 2 aromatic carbocycles. The van der Waals surface area contributed by atoms with E-state index < -0.39 is 4.92 Å². The van der Waals surface area contributed by atoms with Crippen molar-refractivity contribution in [1.29, 1.82) is 0 Å². The monoisotopic (exact) mass is 380 g/mol. The minimum atomic E-state index is -0.484. The Labute approximate surface area is 160 Å². The molecule has 3 rings (SSSR count). The van der Waals surface area contributed by atoms with Gasteiger partial charge >= 0.3 is 0 Å². The number of nitrogens with one attached hydrogen (secondary N) is 1. The molecule has 0 unspecified atom stereocenters. The number of anilines is 1. The highest BCUT2D eigenvalue weighted by Crippen LogP contribution is 2.25. The van der Waals surface area contributed by atoms with Crippen LogP contribution in [0.3, 0.4) is 0 Å². The molecule has 28 heavy (non-hydrogen) atoms. The number of hydrogen-bond donors (Lipinski definition) is 1. The number of benzene rings is 2. The Bertz CT molecular complexity index is 1070. The van der Waals surface area contributed by atoms with E-state index in [1.54, 1.807) is 42.9 Å². The van der Waals surface area contributed by atoms with Gasteiger partial charge < -0.3 is 5.32 Å². The van der Waals surface area contributed by atoms with Gasteiger partial charge in [-0.15, -0.1) is 0 Å². The zero-order valence-electron chi connectivity index (χ0n) is 15.2. The van der Waals surface area contributed by atoms with Crippen LogP contribution in [0.4, 0.5) is 15.8 Å². The second kappa shape index (κ2) is 7.83. The molecule has 0 aliphatic rings. The van der Waals surface area contributed by atoms with Crippen molar-refractivity contribution in [3.05, 3.63) is 87.5 Å². The summed E-state index contributed by atoms with van der Waals surface area (Å²) < 4.78 is 14.6. The van der Waals surface area contributed by atoms with Crippen molar-refractivity contribution in [2.45, 2.75) is 6.92 Å². The van der Waals surface area contributed by atoms with Gasteiger partial charge in [0.15, 0.2) is 5.78 Å². The Balaban J connectivity index is 1.85. The summed E-state index contributed by atoms with van der Waals surface area (Å²) in [5.41, 5.74) is 2.49. The molecule has 0 spiro atoms. The highest BCUT2D eigenvalue weighted by molar-refractivity contribution is 6.07. The number of ketones is 1. The largest absolute Gasteiger partial charge is 0.383 e. The van der Waals surface area contributed by atoms with Crippen molar-refractivity contribution >= 4 is 23.2 Å². The molecular formula is C20H17FN4O3. The molecule has 0 fully saturated rings. The van der Waals surface area contributed by atoms with Crippen LogP contribution in [0.15, 0.2) is 54.7 Å². The van der Waals surface area contributed by atoms with Gasteiger partial charge in [-0.25, -0.2) is 9.07 Å². The lowest BCUT2D eigenvalue weighted by atomic mass is 10.1. The Hall–Kier alpha value is -3.81. The molecule has 0 amide bonds. The summed E-state index contributed by atoms with van der Waals surface area (Å²) in [4.78, 5) is 23.2. The number of hydrogen-bond acceptors (Lipinski definition) is 5. The summed E-state index contributed by atoms with van der Waals surface area (Å²) in [7, 11) is 1.60. The van der Waals surface area contributed by atoms with Crippen molar-refractivity contribution < 1.29 is 14.1 Å². The molecule has 1 heterocycles. The average molecular weight is 380 g/mol. The lowest BCUT2D eigenvalue weighted by Crippen LogP contribution is -2.01. The van der Waals surface area contributed by atoms with Crippen LogP contribution < -0.4 is 5.32 Å². The molecule has 0 aliphatic heterocycles. The molecule has 0 bridgehead atoms. The summed E-state index contributed by atoms with van der Waals surface area (Å²) in [5.74, 6) is -0.641. The molecular weight excluding hydrogens is 363 g/mol. The highest BCUT2D eigenvalue weighted by Gasteiger charge is 2.15. The van der Waals surface area contributed by atoms with E-state index in [-0.39, 0.29) is 17.3 Å². The van der Waals surface area contributed by atoms with Crippen LogP contribution in [-0.4, -0.2) is 27.5 Å². The molecule has 0 saturated heterocycles. The van der Waals surface area contributed by atoms with Crippen LogP contribution in [0.1, 0.15) is 21.6 Å². The van der Waals surface area contributed by atoms with Crippen LogP contribution in [0.2, 0.25) is 0 Å². The molecule has 1 aromatic heterocycles. The summed E-state index contributed by atoms with van der Waals surface area (Å²) in [6.45, 7) is 1.74. The van der Waals surface area contributed by atoms with Crippen molar-refractivity contribution in [2.24, 2.45) is 0 Å². The van der Waals surface area contributed by atoms with E-state index in [0.29, 0.717) is 28.2 Å². The van der Waals surface area contributed by atoms with E-state index in [4.69, 9.17) is 0 Å². The first-order valence-electron chi connectivity index (χ1n) is 8.40. The fourth-order valence-electron chi connectivity index (χ4n) is 2.77. The topological polar surface area (TPSA) is 90.1 Å². The van der Waals surface area contributed by atoms with Crippen LogP contribution in [0, 0.1) is 22.9 Å². The van der Waals surface area contributed by atoms with Gasteiger partial charge in [0, 0.05) is 13.1 Å². The third-order valence-electron chi connectivity index (χ3n) is 4.26. The molecule has 0 saturated carbocycles. The third kappa shape index (κ3) is 3.80. The van der Waals surface area contributed by atoms with Gasteiger partial charge in [-0.3, -0.25) is 14.9 Å². The Morgan fingerprint density at radius 1 is 1.25 bits per heavy atom. The SMILES string of the molecule is CNc1ccc(C=CC(=O)c2cnn(-c3ccc(F)cc3)c2C)cc1[N+](=O)[O-]. The normalized spacial score (nSPS) is 11.0. The summed E-state index contributed by atoms with van der Waals surface area (Å²) >= 11 is 0. The highest BCUT2D eigenvalue weighted by atomic mass is 19.1. The molecule has 142 valence electrons. The minimum absolute atomic E-state index is 0.0718. The van der Waals surface area contributed by atoms with Gasteiger partial charge in [-0.1, -0.05) is 12.1 Å². The fourth-order valence-corrected chi connectivity index (χ4v) is 2.77. The van der Waals surface area contributed by atoms with Gasteiger partial charge in [0.2, 0.25) is 0 Å². The number of nitro benzene ring substituents is 1. The number of carbonyl (C=O) groups excluding carboxylic acids is 1. The Morgan fingerprint density at radius 2 is 1.96 bits per heavy atom. The van der Waals surface area contributed by atoms with Crippen molar-refractivity contribution in [3.8, 4) is 5.69 Å². The van der Waals surface area contributed by atoms with Crippen molar-refractivity contribution in [3.63, 3.8) is 0 Å². The predicted octanol–water partition coefficient (Wildman–Crippen LogP) is 4.17. The molecule has 0 aliphatic carbocycles. The number of aromatic nitrogens is 2. The van der Waals surface area contributed by atoms with Crippen molar-refractivity contribution in [1.82, 2.24) is 9.78 Å². The fraction of sp³-hybridized carbons (Fsp3) is 0.100. The number of halogens is 1. The molecule has 3 aromatic rings. The second-order valence-corrected chi connectivity index (χ2v) is 6.01. The van der Waals surface area contributed by atoms with Crippen molar-refractivity contribution in [2.75, 3.05) is 12.4 Å².